The summed E-state index contributed by atoms with van der Waals surface area (Å²) in [7, 11) is 1.17. The molecule has 0 fully saturated rings. The van der Waals surface area contributed by atoms with Crippen LogP contribution >= 0.6 is 11.3 Å². The van der Waals surface area contributed by atoms with Gasteiger partial charge in [0.25, 0.3) is 0 Å². The average Bonchev–Trinajstić information content (AvgIpc) is 3.02. The van der Waals surface area contributed by atoms with Gasteiger partial charge in [-0.2, -0.15) is 18.3 Å². The number of halogens is 3. The van der Waals surface area contributed by atoms with Gasteiger partial charge in [0.15, 0.2) is 5.13 Å². The van der Waals surface area contributed by atoms with Crippen LogP contribution in [0.3, 0.4) is 0 Å². The van der Waals surface area contributed by atoms with Crippen molar-refractivity contribution in [2.45, 2.75) is 13.1 Å². The van der Waals surface area contributed by atoms with E-state index < -0.39 is 23.7 Å². The number of nitrogens with one attached hydrogen (secondary N) is 1. The van der Waals surface area contributed by atoms with Crippen LogP contribution in [0.15, 0.2) is 34.7 Å². The van der Waals surface area contributed by atoms with Crippen LogP contribution < -0.4 is 10.3 Å². The van der Waals surface area contributed by atoms with Gasteiger partial charge in [-0.3, -0.25) is 9.69 Å². The summed E-state index contributed by atoms with van der Waals surface area (Å²) in [5.41, 5.74) is 1.54. The summed E-state index contributed by atoms with van der Waals surface area (Å²) in [6.07, 6.45) is -4.09. The Hall–Kier alpha value is -2.95. The van der Waals surface area contributed by atoms with Crippen LogP contribution in [0.2, 0.25) is 0 Å². The zero-order valence-electron chi connectivity index (χ0n) is 13.6. The molecule has 0 saturated heterocycles. The van der Waals surface area contributed by atoms with Gasteiger partial charge in [0, 0.05) is 12.3 Å². The van der Waals surface area contributed by atoms with Gasteiger partial charge in [-0.25, -0.2) is 15.2 Å². The van der Waals surface area contributed by atoms with Crippen LogP contribution in [-0.2, 0) is 15.7 Å². The molecule has 0 radical (unpaired) electrons. The number of nitrogens with zero attached hydrogens (tertiary/aromatic N) is 3. The lowest BCUT2D eigenvalue weighted by Crippen LogP contribution is -2.23. The number of hydrazone groups is 1. The molecule has 0 unspecified atom stereocenters. The Labute approximate surface area is 150 Å². The molecule has 11 heteroatoms. The summed E-state index contributed by atoms with van der Waals surface area (Å²) < 4.78 is 43.0. The third kappa shape index (κ3) is 4.79. The minimum absolute atomic E-state index is 0.0397. The molecule has 1 aromatic heterocycles. The molecule has 2 aromatic rings. The molecule has 26 heavy (non-hydrogen) atoms. The Bertz CT molecular complexity index is 836. The average molecular weight is 386 g/mol. The highest BCUT2D eigenvalue weighted by Gasteiger charge is 2.31. The van der Waals surface area contributed by atoms with E-state index in [9.17, 15) is 22.8 Å². The molecular weight excluding hydrogens is 373 g/mol. The standard InChI is InChI=1S/C15H13F3N4O3S/c1-9(23)22(12-5-3-4-10(6-12)15(16,17)18)13-20-11(8-26-13)7-19-21-14(24)25-2/h3-8H,1-2H3,(H,21,24)/b19-7-. The van der Waals surface area contributed by atoms with Crippen LogP contribution in [0.5, 0.6) is 0 Å². The normalized spacial score (nSPS) is 11.4. The molecule has 0 spiro atoms. The number of thiazole rings is 1. The maximum Gasteiger partial charge on any atom is 0.427 e. The fourth-order valence-electron chi connectivity index (χ4n) is 1.88. The van der Waals surface area contributed by atoms with Gasteiger partial charge in [0.05, 0.1) is 30.3 Å². The molecule has 7 nitrogen and oxygen atoms in total. The number of alkyl halides is 3. The predicted molar refractivity (Wildman–Crippen MR) is 89.5 cm³/mol. The molecule has 138 valence electrons. The van der Waals surface area contributed by atoms with E-state index in [1.54, 1.807) is 0 Å². The fourth-order valence-corrected chi connectivity index (χ4v) is 2.72. The number of methoxy groups -OCH3 is 1. The van der Waals surface area contributed by atoms with Crippen LogP contribution in [0, 0.1) is 0 Å². The molecule has 0 bridgehead atoms. The van der Waals surface area contributed by atoms with Crippen molar-refractivity contribution in [2.24, 2.45) is 5.10 Å². The molecule has 0 atom stereocenters. The fraction of sp³-hybridized carbons (Fsp3) is 0.200. The maximum atomic E-state index is 12.9. The topological polar surface area (TPSA) is 83.9 Å². The molecule has 0 aliphatic carbocycles. The van der Waals surface area contributed by atoms with Crippen molar-refractivity contribution < 1.29 is 27.5 Å². The van der Waals surface area contributed by atoms with E-state index in [1.165, 1.54) is 37.8 Å². The van der Waals surface area contributed by atoms with Gasteiger partial charge in [0.1, 0.15) is 0 Å². The quantitative estimate of drug-likeness (QED) is 0.644. The Balaban J connectivity index is 2.29. The number of amides is 2. The molecule has 1 aromatic carbocycles. The first-order valence-corrected chi connectivity index (χ1v) is 7.91. The summed E-state index contributed by atoms with van der Waals surface area (Å²) in [5, 5.41) is 5.28. The van der Waals surface area contributed by atoms with E-state index in [0.717, 1.165) is 28.4 Å². The summed E-state index contributed by atoms with van der Waals surface area (Å²) in [6, 6.07) is 4.38. The number of hydrogen-bond donors (Lipinski definition) is 1. The van der Waals surface area contributed by atoms with Crippen molar-refractivity contribution in [1.29, 1.82) is 0 Å². The van der Waals surface area contributed by atoms with Crippen molar-refractivity contribution in [3.8, 4) is 0 Å². The van der Waals surface area contributed by atoms with E-state index in [2.05, 4.69) is 20.2 Å². The highest BCUT2D eigenvalue weighted by molar-refractivity contribution is 7.14. The Morgan fingerprint density at radius 1 is 1.38 bits per heavy atom. The number of carbonyl (C=O) groups excluding carboxylic acids is 2. The van der Waals surface area contributed by atoms with Gasteiger partial charge in [-0.15, -0.1) is 11.3 Å². The second-order valence-corrected chi connectivity index (χ2v) is 5.66. The first kappa shape index (κ1) is 19.4. The zero-order valence-corrected chi connectivity index (χ0v) is 14.4. The molecule has 0 saturated carbocycles. The number of ether oxygens (including phenoxy) is 1. The van der Waals surface area contributed by atoms with Crippen LogP contribution in [-0.4, -0.2) is 30.3 Å². The first-order valence-electron chi connectivity index (χ1n) is 7.03. The van der Waals surface area contributed by atoms with Gasteiger partial charge >= 0.3 is 12.3 Å². The molecule has 0 aliphatic heterocycles. The number of anilines is 2. The lowest BCUT2D eigenvalue weighted by molar-refractivity contribution is -0.137. The summed E-state index contributed by atoms with van der Waals surface area (Å²) in [5.74, 6) is -0.505. The van der Waals surface area contributed by atoms with E-state index in [0.29, 0.717) is 5.69 Å². The second kappa shape index (κ2) is 7.95. The molecule has 2 rings (SSSR count). The van der Waals surface area contributed by atoms with E-state index in [1.807, 2.05) is 0 Å². The summed E-state index contributed by atoms with van der Waals surface area (Å²) in [4.78, 5) is 28.0. The Morgan fingerprint density at radius 3 is 2.73 bits per heavy atom. The summed E-state index contributed by atoms with van der Waals surface area (Å²) >= 11 is 1.04. The van der Waals surface area contributed by atoms with Crippen molar-refractivity contribution in [1.82, 2.24) is 10.4 Å². The van der Waals surface area contributed by atoms with Gasteiger partial charge in [-0.1, -0.05) is 6.07 Å². The van der Waals surface area contributed by atoms with Gasteiger partial charge in [-0.05, 0) is 18.2 Å². The first-order chi connectivity index (χ1) is 12.2. The van der Waals surface area contributed by atoms with E-state index in [-0.39, 0.29) is 10.8 Å². The minimum Gasteiger partial charge on any atom is -0.452 e. The lowest BCUT2D eigenvalue weighted by atomic mass is 10.2. The van der Waals surface area contributed by atoms with Gasteiger partial charge < -0.3 is 4.74 Å². The highest BCUT2D eigenvalue weighted by atomic mass is 32.1. The van der Waals surface area contributed by atoms with E-state index in [4.69, 9.17) is 0 Å². The second-order valence-electron chi connectivity index (χ2n) is 4.82. The highest BCUT2D eigenvalue weighted by Crippen LogP contribution is 2.34. The molecule has 1 N–H and O–H groups in total. The monoisotopic (exact) mass is 386 g/mol. The maximum absolute atomic E-state index is 12.9. The SMILES string of the molecule is COC(=O)N/N=C\c1csc(N(C(C)=O)c2cccc(C(F)(F)F)c2)n1. The summed E-state index contributed by atoms with van der Waals surface area (Å²) in [6.45, 7) is 1.22. The van der Waals surface area contributed by atoms with Crippen LogP contribution in [0.4, 0.5) is 28.8 Å². The number of hydrogen-bond acceptors (Lipinski definition) is 6. The number of aromatic nitrogens is 1. The molecule has 1 heterocycles. The van der Waals surface area contributed by atoms with Crippen LogP contribution in [0.25, 0.3) is 0 Å². The van der Waals surface area contributed by atoms with Crippen molar-refractivity contribution in [2.75, 3.05) is 12.0 Å². The predicted octanol–water partition coefficient (Wildman–Crippen LogP) is 3.54. The molecule has 0 aliphatic rings. The Kier molecular flexibility index (Phi) is 5.93. The van der Waals surface area contributed by atoms with Gasteiger partial charge in [0.2, 0.25) is 5.91 Å². The van der Waals surface area contributed by atoms with Crippen molar-refractivity contribution in [3.63, 3.8) is 0 Å². The third-order valence-electron chi connectivity index (χ3n) is 2.99. The number of carbonyl (C=O) groups is 2. The Morgan fingerprint density at radius 2 is 2.12 bits per heavy atom. The van der Waals surface area contributed by atoms with Crippen LogP contribution in [0.1, 0.15) is 18.2 Å². The molecule has 2 amide bonds. The van der Waals surface area contributed by atoms with E-state index >= 15 is 0 Å². The number of rotatable bonds is 4. The zero-order chi connectivity index (χ0) is 19.3. The molecular formula is C15H13F3N4O3S. The van der Waals surface area contributed by atoms with Crippen molar-refractivity contribution in [3.05, 3.63) is 40.9 Å². The largest absolute Gasteiger partial charge is 0.452 e. The van der Waals surface area contributed by atoms with Crippen molar-refractivity contribution >= 4 is 40.4 Å². The lowest BCUT2D eigenvalue weighted by Gasteiger charge is -2.19. The number of benzene rings is 1. The minimum atomic E-state index is -4.53. The smallest absolute Gasteiger partial charge is 0.427 e. The third-order valence-corrected chi connectivity index (χ3v) is 3.83.